The van der Waals surface area contributed by atoms with Gasteiger partial charge in [0.15, 0.2) is 11.6 Å². The van der Waals surface area contributed by atoms with Gasteiger partial charge < -0.3 is 10.5 Å². The van der Waals surface area contributed by atoms with Crippen LogP contribution < -0.4 is 10.5 Å². The summed E-state index contributed by atoms with van der Waals surface area (Å²) in [5, 5.41) is 0. The van der Waals surface area contributed by atoms with E-state index in [1.165, 1.54) is 13.2 Å². The van der Waals surface area contributed by atoms with E-state index in [1.807, 2.05) is 0 Å². The van der Waals surface area contributed by atoms with Crippen molar-refractivity contribution in [3.05, 3.63) is 29.3 Å². The van der Waals surface area contributed by atoms with Crippen LogP contribution in [0.5, 0.6) is 5.75 Å². The van der Waals surface area contributed by atoms with E-state index in [2.05, 4.69) is 13.8 Å². The number of hydrogen-bond acceptors (Lipinski definition) is 2. The second-order valence-corrected chi connectivity index (χ2v) is 5.15. The van der Waals surface area contributed by atoms with Crippen LogP contribution >= 0.6 is 0 Å². The van der Waals surface area contributed by atoms with Gasteiger partial charge in [0, 0.05) is 11.6 Å². The summed E-state index contributed by atoms with van der Waals surface area (Å²) in [6.45, 7) is 4.70. The smallest absolute Gasteiger partial charge is 0.162 e. The molecular weight excluding hydrogens is 224 g/mol. The Hall–Kier alpha value is -1.16. The number of hydrogen-bond donors (Lipinski definition) is 1. The molecule has 2 nitrogen and oxygen atoms in total. The summed E-state index contributed by atoms with van der Waals surface area (Å²) in [5.41, 5.74) is 6.42. The van der Waals surface area contributed by atoms with Crippen molar-refractivity contribution in [2.75, 3.05) is 13.7 Å². The van der Waals surface area contributed by atoms with Crippen molar-refractivity contribution < 1.29 is 13.5 Å². The average Bonchev–Trinajstić information content (AvgIpc) is 2.83. The zero-order valence-corrected chi connectivity index (χ0v) is 10.3. The van der Waals surface area contributed by atoms with Crippen LogP contribution in [0, 0.1) is 23.0 Å². The SMILES string of the molecule is COc1cc(F)c(F)cc1C1C(CN)C1(C)C. The Balaban J connectivity index is 2.43. The second-order valence-electron chi connectivity index (χ2n) is 5.15. The van der Waals surface area contributed by atoms with Crippen LogP contribution in [-0.2, 0) is 0 Å². The lowest BCUT2D eigenvalue weighted by molar-refractivity contribution is 0.398. The molecule has 2 N–H and O–H groups in total. The monoisotopic (exact) mass is 241 g/mol. The largest absolute Gasteiger partial charge is 0.496 e. The number of rotatable bonds is 3. The fraction of sp³-hybridized carbons (Fsp3) is 0.538. The van der Waals surface area contributed by atoms with Crippen LogP contribution in [0.25, 0.3) is 0 Å². The first kappa shape index (κ1) is 12.3. The molecule has 1 fully saturated rings. The zero-order valence-electron chi connectivity index (χ0n) is 10.3. The molecule has 0 amide bonds. The third-order valence-electron chi connectivity index (χ3n) is 3.91. The quantitative estimate of drug-likeness (QED) is 0.883. The molecule has 0 radical (unpaired) electrons. The van der Waals surface area contributed by atoms with Gasteiger partial charge in [0.1, 0.15) is 5.75 Å². The molecule has 2 rings (SSSR count). The average molecular weight is 241 g/mol. The summed E-state index contributed by atoms with van der Waals surface area (Å²) >= 11 is 0. The Morgan fingerprint density at radius 2 is 1.88 bits per heavy atom. The van der Waals surface area contributed by atoms with Crippen molar-refractivity contribution in [2.24, 2.45) is 17.1 Å². The summed E-state index contributed by atoms with van der Waals surface area (Å²) < 4.78 is 31.5. The van der Waals surface area contributed by atoms with Crippen LogP contribution in [-0.4, -0.2) is 13.7 Å². The van der Waals surface area contributed by atoms with Crippen molar-refractivity contribution in [2.45, 2.75) is 19.8 Å². The van der Waals surface area contributed by atoms with E-state index in [-0.39, 0.29) is 11.3 Å². The van der Waals surface area contributed by atoms with E-state index in [4.69, 9.17) is 10.5 Å². The first-order valence-corrected chi connectivity index (χ1v) is 5.66. The Morgan fingerprint density at radius 1 is 1.29 bits per heavy atom. The fourth-order valence-corrected chi connectivity index (χ4v) is 2.77. The van der Waals surface area contributed by atoms with Crippen molar-refractivity contribution in [3.8, 4) is 5.75 Å². The third-order valence-corrected chi connectivity index (χ3v) is 3.91. The maximum atomic E-state index is 13.3. The molecule has 2 unspecified atom stereocenters. The van der Waals surface area contributed by atoms with Gasteiger partial charge in [0.05, 0.1) is 7.11 Å². The predicted octanol–water partition coefficient (Wildman–Crippen LogP) is 2.67. The summed E-state index contributed by atoms with van der Waals surface area (Å²) in [5.74, 6) is -0.885. The lowest BCUT2D eigenvalue weighted by Gasteiger charge is -2.10. The van der Waals surface area contributed by atoms with Gasteiger partial charge in [-0.15, -0.1) is 0 Å². The highest BCUT2D eigenvalue weighted by molar-refractivity contribution is 5.43. The van der Waals surface area contributed by atoms with Gasteiger partial charge in [0.25, 0.3) is 0 Å². The molecule has 94 valence electrons. The van der Waals surface area contributed by atoms with Gasteiger partial charge in [0.2, 0.25) is 0 Å². The molecule has 1 saturated carbocycles. The first-order chi connectivity index (χ1) is 7.93. The van der Waals surface area contributed by atoms with Crippen molar-refractivity contribution in [1.82, 2.24) is 0 Å². The van der Waals surface area contributed by atoms with Crippen LogP contribution in [0.3, 0.4) is 0 Å². The fourth-order valence-electron chi connectivity index (χ4n) is 2.77. The van der Waals surface area contributed by atoms with E-state index >= 15 is 0 Å². The molecule has 0 aromatic heterocycles. The molecule has 2 atom stereocenters. The molecule has 1 aliphatic rings. The highest BCUT2D eigenvalue weighted by Crippen LogP contribution is 2.65. The van der Waals surface area contributed by atoms with Gasteiger partial charge >= 0.3 is 0 Å². The Morgan fingerprint density at radius 3 is 2.35 bits per heavy atom. The van der Waals surface area contributed by atoms with Gasteiger partial charge in [-0.25, -0.2) is 8.78 Å². The number of methoxy groups -OCH3 is 1. The Kier molecular flexibility index (Phi) is 2.86. The van der Waals surface area contributed by atoms with Crippen molar-refractivity contribution in [3.63, 3.8) is 0 Å². The van der Waals surface area contributed by atoms with E-state index in [0.717, 1.165) is 6.07 Å². The van der Waals surface area contributed by atoms with E-state index < -0.39 is 11.6 Å². The normalized spacial score (nSPS) is 25.8. The number of nitrogens with two attached hydrogens (primary N) is 1. The van der Waals surface area contributed by atoms with Crippen LogP contribution in [0.15, 0.2) is 12.1 Å². The topological polar surface area (TPSA) is 35.2 Å². The lowest BCUT2D eigenvalue weighted by Crippen LogP contribution is -2.05. The molecule has 0 aliphatic heterocycles. The summed E-state index contributed by atoms with van der Waals surface area (Å²) in [7, 11) is 1.46. The first-order valence-electron chi connectivity index (χ1n) is 5.66. The molecule has 17 heavy (non-hydrogen) atoms. The summed E-state index contributed by atoms with van der Waals surface area (Å²) in [6, 6.07) is 2.34. The van der Waals surface area contributed by atoms with Gasteiger partial charge in [-0.3, -0.25) is 0 Å². The zero-order chi connectivity index (χ0) is 12.8. The third kappa shape index (κ3) is 1.80. The minimum atomic E-state index is -0.881. The standard InChI is InChI=1S/C13H17F2NO/c1-13(2)8(6-16)12(13)7-4-9(14)10(15)5-11(7)17-3/h4-5,8,12H,6,16H2,1-3H3. The van der Waals surface area contributed by atoms with Crippen molar-refractivity contribution >= 4 is 0 Å². The molecule has 0 spiro atoms. The Labute approximate surface area is 99.8 Å². The maximum absolute atomic E-state index is 13.3. The van der Waals surface area contributed by atoms with E-state index in [9.17, 15) is 8.78 Å². The molecule has 1 aliphatic carbocycles. The molecule has 0 bridgehead atoms. The van der Waals surface area contributed by atoms with Crippen LogP contribution in [0.4, 0.5) is 8.78 Å². The van der Waals surface area contributed by atoms with Gasteiger partial charge in [-0.2, -0.15) is 0 Å². The van der Waals surface area contributed by atoms with Crippen LogP contribution in [0.2, 0.25) is 0 Å². The minimum absolute atomic E-state index is 0.0201. The number of benzene rings is 1. The predicted molar refractivity (Wildman–Crippen MR) is 62.0 cm³/mol. The Bertz CT molecular complexity index is 445. The molecular formula is C13H17F2NO. The molecule has 4 heteroatoms. The highest BCUT2D eigenvalue weighted by Gasteiger charge is 2.58. The van der Waals surface area contributed by atoms with Gasteiger partial charge in [-0.05, 0) is 29.9 Å². The maximum Gasteiger partial charge on any atom is 0.162 e. The summed E-state index contributed by atoms with van der Waals surface area (Å²) in [6.07, 6.45) is 0. The number of halogens is 2. The molecule has 1 aromatic carbocycles. The number of ether oxygens (including phenoxy) is 1. The highest BCUT2D eigenvalue weighted by atomic mass is 19.2. The molecule has 0 saturated heterocycles. The second kappa shape index (κ2) is 3.95. The van der Waals surface area contributed by atoms with Crippen molar-refractivity contribution in [1.29, 1.82) is 0 Å². The van der Waals surface area contributed by atoms with Gasteiger partial charge in [-0.1, -0.05) is 13.8 Å². The van der Waals surface area contributed by atoms with E-state index in [1.54, 1.807) is 0 Å². The summed E-state index contributed by atoms with van der Waals surface area (Å²) in [4.78, 5) is 0. The lowest BCUT2D eigenvalue weighted by atomic mass is 10.0. The van der Waals surface area contributed by atoms with E-state index in [0.29, 0.717) is 23.8 Å². The molecule has 0 heterocycles. The van der Waals surface area contributed by atoms with Crippen LogP contribution in [0.1, 0.15) is 25.3 Å². The molecule has 1 aromatic rings. The minimum Gasteiger partial charge on any atom is -0.496 e.